The molecule has 1 aliphatic rings. The summed E-state index contributed by atoms with van der Waals surface area (Å²) in [7, 11) is 0. The van der Waals surface area contributed by atoms with Crippen LogP contribution in [0.1, 0.15) is 23.0 Å². The lowest BCUT2D eigenvalue weighted by Crippen LogP contribution is -2.49. The Morgan fingerprint density at radius 2 is 1.77 bits per heavy atom. The summed E-state index contributed by atoms with van der Waals surface area (Å²) >= 11 is 0. The van der Waals surface area contributed by atoms with Crippen molar-refractivity contribution < 1.29 is 14.3 Å². The van der Waals surface area contributed by atoms with Crippen LogP contribution in [0.5, 0.6) is 5.75 Å². The van der Waals surface area contributed by atoms with Gasteiger partial charge in [-0.2, -0.15) is 0 Å². The Morgan fingerprint density at radius 3 is 2.38 bits per heavy atom. The van der Waals surface area contributed by atoms with Crippen molar-refractivity contribution in [2.24, 2.45) is 0 Å². The molecular formula is C20H23N3O3. The second-order valence-electron chi connectivity index (χ2n) is 6.35. The maximum Gasteiger partial charge on any atom is 0.260 e. The number of Topliss-reactive ketones (excluding diaryl/α,β-unsaturated/α-hetero) is 1. The predicted molar refractivity (Wildman–Crippen MR) is 98.0 cm³/mol. The van der Waals surface area contributed by atoms with E-state index in [2.05, 4.69) is 9.88 Å². The standard InChI is InChI=1S/C20H23N3O3/c1-16(24)17-5-7-19(8-6-17)26-15-20(25)23-12-10-22(11-13-23)14-18-4-2-3-9-21-18/h2-9H,10-15H2,1H3. The summed E-state index contributed by atoms with van der Waals surface area (Å²) in [5.41, 5.74) is 1.68. The number of pyridine rings is 1. The zero-order valence-corrected chi connectivity index (χ0v) is 14.9. The van der Waals surface area contributed by atoms with E-state index in [0.717, 1.165) is 25.3 Å². The fourth-order valence-electron chi connectivity index (χ4n) is 2.90. The molecule has 1 fully saturated rings. The van der Waals surface area contributed by atoms with Crippen LogP contribution in [0.25, 0.3) is 0 Å². The maximum absolute atomic E-state index is 12.3. The number of benzene rings is 1. The first-order chi connectivity index (χ1) is 12.6. The Morgan fingerprint density at radius 1 is 1.04 bits per heavy atom. The van der Waals surface area contributed by atoms with Crippen molar-refractivity contribution in [3.63, 3.8) is 0 Å². The Labute approximate surface area is 153 Å². The van der Waals surface area contributed by atoms with Gasteiger partial charge in [0.15, 0.2) is 12.4 Å². The highest BCUT2D eigenvalue weighted by Crippen LogP contribution is 2.13. The molecule has 0 N–H and O–H groups in total. The lowest BCUT2D eigenvalue weighted by molar-refractivity contribution is -0.135. The third kappa shape index (κ3) is 4.89. The van der Waals surface area contributed by atoms with Crippen LogP contribution in [0.3, 0.4) is 0 Å². The van der Waals surface area contributed by atoms with Gasteiger partial charge in [0.25, 0.3) is 5.91 Å². The van der Waals surface area contributed by atoms with Gasteiger partial charge < -0.3 is 9.64 Å². The second-order valence-corrected chi connectivity index (χ2v) is 6.35. The number of piperazine rings is 1. The van der Waals surface area contributed by atoms with E-state index < -0.39 is 0 Å². The molecule has 0 saturated carbocycles. The largest absolute Gasteiger partial charge is 0.484 e. The summed E-state index contributed by atoms with van der Waals surface area (Å²) in [5.74, 6) is 0.589. The molecular weight excluding hydrogens is 330 g/mol. The fraction of sp³-hybridized carbons (Fsp3) is 0.350. The average molecular weight is 353 g/mol. The smallest absolute Gasteiger partial charge is 0.260 e. The topological polar surface area (TPSA) is 62.7 Å². The van der Waals surface area contributed by atoms with Crippen LogP contribution in [0, 0.1) is 0 Å². The SMILES string of the molecule is CC(=O)c1ccc(OCC(=O)N2CCN(Cc3ccccn3)CC2)cc1. The van der Waals surface area contributed by atoms with Gasteiger partial charge in [-0.3, -0.25) is 19.5 Å². The molecule has 1 aromatic carbocycles. The summed E-state index contributed by atoms with van der Waals surface area (Å²) in [5, 5.41) is 0. The molecule has 6 heteroatoms. The average Bonchev–Trinajstić information content (AvgIpc) is 2.68. The highest BCUT2D eigenvalue weighted by atomic mass is 16.5. The van der Waals surface area contributed by atoms with Gasteiger partial charge >= 0.3 is 0 Å². The van der Waals surface area contributed by atoms with E-state index in [4.69, 9.17) is 4.74 Å². The number of hydrogen-bond donors (Lipinski definition) is 0. The molecule has 0 aliphatic carbocycles. The number of carbonyl (C=O) groups is 2. The summed E-state index contributed by atoms with van der Waals surface area (Å²) in [6.45, 7) is 5.39. The van der Waals surface area contributed by atoms with Crippen LogP contribution >= 0.6 is 0 Å². The van der Waals surface area contributed by atoms with Crippen molar-refractivity contribution in [3.8, 4) is 5.75 Å². The van der Waals surface area contributed by atoms with E-state index in [1.54, 1.807) is 30.5 Å². The van der Waals surface area contributed by atoms with Crippen molar-refractivity contribution in [1.82, 2.24) is 14.8 Å². The first-order valence-corrected chi connectivity index (χ1v) is 8.75. The Hall–Kier alpha value is -2.73. The molecule has 2 aromatic rings. The molecule has 136 valence electrons. The van der Waals surface area contributed by atoms with Crippen LogP contribution in [-0.4, -0.2) is 59.3 Å². The van der Waals surface area contributed by atoms with Gasteiger partial charge in [0.2, 0.25) is 0 Å². The number of nitrogens with zero attached hydrogens (tertiary/aromatic N) is 3. The molecule has 0 bridgehead atoms. The number of carbonyl (C=O) groups excluding carboxylic acids is 2. The molecule has 2 heterocycles. The Balaban J connectivity index is 1.42. The predicted octanol–water partition coefficient (Wildman–Crippen LogP) is 2.01. The van der Waals surface area contributed by atoms with Gasteiger partial charge in [-0.25, -0.2) is 0 Å². The monoisotopic (exact) mass is 353 g/mol. The third-order valence-corrected chi connectivity index (χ3v) is 4.46. The Kier molecular flexibility index (Phi) is 5.96. The molecule has 6 nitrogen and oxygen atoms in total. The zero-order valence-electron chi connectivity index (χ0n) is 14.9. The normalized spacial score (nSPS) is 14.9. The minimum atomic E-state index is -0.0156. The number of aromatic nitrogens is 1. The number of hydrogen-bond acceptors (Lipinski definition) is 5. The third-order valence-electron chi connectivity index (χ3n) is 4.46. The second kappa shape index (κ2) is 8.58. The van der Waals surface area contributed by atoms with Gasteiger partial charge in [-0.05, 0) is 43.3 Å². The van der Waals surface area contributed by atoms with Crippen LogP contribution in [0.4, 0.5) is 0 Å². The quantitative estimate of drug-likeness (QED) is 0.744. The summed E-state index contributed by atoms with van der Waals surface area (Å²) in [4.78, 5) is 32.1. The molecule has 26 heavy (non-hydrogen) atoms. The highest BCUT2D eigenvalue weighted by Gasteiger charge is 2.21. The highest BCUT2D eigenvalue weighted by molar-refractivity contribution is 5.94. The zero-order chi connectivity index (χ0) is 18.4. The molecule has 0 unspecified atom stereocenters. The van der Waals surface area contributed by atoms with Gasteiger partial charge in [0, 0.05) is 44.5 Å². The van der Waals surface area contributed by atoms with E-state index in [9.17, 15) is 9.59 Å². The van der Waals surface area contributed by atoms with Gasteiger partial charge in [-0.1, -0.05) is 6.07 Å². The van der Waals surface area contributed by atoms with Crippen molar-refractivity contribution in [2.75, 3.05) is 32.8 Å². The van der Waals surface area contributed by atoms with Gasteiger partial charge in [0.1, 0.15) is 5.75 Å². The van der Waals surface area contributed by atoms with E-state index in [1.807, 2.05) is 23.1 Å². The van der Waals surface area contributed by atoms with E-state index >= 15 is 0 Å². The summed E-state index contributed by atoms with van der Waals surface area (Å²) in [6.07, 6.45) is 1.80. The summed E-state index contributed by atoms with van der Waals surface area (Å²) in [6, 6.07) is 12.8. The number of amides is 1. The van der Waals surface area contributed by atoms with Crippen molar-refractivity contribution in [1.29, 1.82) is 0 Å². The minimum Gasteiger partial charge on any atom is -0.484 e. The van der Waals surface area contributed by atoms with Crippen molar-refractivity contribution in [2.45, 2.75) is 13.5 Å². The van der Waals surface area contributed by atoms with E-state index in [0.29, 0.717) is 24.4 Å². The Bertz CT molecular complexity index is 739. The van der Waals surface area contributed by atoms with Crippen molar-refractivity contribution in [3.05, 3.63) is 59.9 Å². The summed E-state index contributed by atoms with van der Waals surface area (Å²) < 4.78 is 5.55. The molecule has 1 saturated heterocycles. The minimum absolute atomic E-state index is 0.0104. The molecule has 0 spiro atoms. The first kappa shape index (κ1) is 18.1. The van der Waals surface area contributed by atoms with Crippen LogP contribution < -0.4 is 4.74 Å². The van der Waals surface area contributed by atoms with E-state index in [-0.39, 0.29) is 18.3 Å². The molecule has 1 aromatic heterocycles. The van der Waals surface area contributed by atoms with E-state index in [1.165, 1.54) is 6.92 Å². The van der Waals surface area contributed by atoms with Crippen LogP contribution in [-0.2, 0) is 11.3 Å². The lowest BCUT2D eigenvalue weighted by Gasteiger charge is -2.34. The first-order valence-electron chi connectivity index (χ1n) is 8.75. The van der Waals surface area contributed by atoms with Crippen LogP contribution in [0.2, 0.25) is 0 Å². The molecule has 1 aliphatic heterocycles. The van der Waals surface area contributed by atoms with Crippen molar-refractivity contribution >= 4 is 11.7 Å². The van der Waals surface area contributed by atoms with Gasteiger partial charge in [-0.15, -0.1) is 0 Å². The van der Waals surface area contributed by atoms with Crippen LogP contribution in [0.15, 0.2) is 48.7 Å². The number of ketones is 1. The molecule has 0 radical (unpaired) electrons. The lowest BCUT2D eigenvalue weighted by atomic mass is 10.1. The molecule has 3 rings (SSSR count). The van der Waals surface area contributed by atoms with Gasteiger partial charge in [0.05, 0.1) is 5.69 Å². The molecule has 0 atom stereocenters. The molecule has 1 amide bonds. The maximum atomic E-state index is 12.3. The fourth-order valence-corrected chi connectivity index (χ4v) is 2.90. The number of ether oxygens (including phenoxy) is 1. The number of rotatable bonds is 6.